The van der Waals surface area contributed by atoms with Gasteiger partial charge in [0.25, 0.3) is 0 Å². The molecule has 1 aromatic rings. The predicted molar refractivity (Wildman–Crippen MR) is 99.5 cm³/mol. The van der Waals surface area contributed by atoms with Crippen molar-refractivity contribution >= 4 is 23.5 Å². The molecule has 1 aromatic carbocycles. The molecule has 0 spiro atoms. The molecule has 6 heteroatoms. The maximum Gasteiger partial charge on any atom is 0.187 e. The van der Waals surface area contributed by atoms with Gasteiger partial charge in [0.15, 0.2) is 16.6 Å². The van der Waals surface area contributed by atoms with E-state index in [1.165, 1.54) is 0 Å². The van der Waals surface area contributed by atoms with Gasteiger partial charge in [-0.05, 0) is 49.3 Å². The van der Waals surface area contributed by atoms with Crippen LogP contribution in [0.5, 0.6) is 11.5 Å². The standard InChI is InChI=1S/C17H25N3O2S/c1-4-7-11-22-15-9-8-14(12-16(15)21-6-3)13-19-20-17(23)18-10-5-2/h5,8-9,12-13H,2,4,6-7,10-11H2,1,3H3,(H2,18,20,23)/b19-13+. The van der Waals surface area contributed by atoms with Gasteiger partial charge in [-0.25, -0.2) is 0 Å². The number of hydrogen-bond acceptors (Lipinski definition) is 4. The Morgan fingerprint density at radius 3 is 2.83 bits per heavy atom. The second-order valence-electron chi connectivity index (χ2n) is 4.71. The fourth-order valence-electron chi connectivity index (χ4n) is 1.69. The highest BCUT2D eigenvalue weighted by Crippen LogP contribution is 2.28. The maximum absolute atomic E-state index is 5.75. The Balaban J connectivity index is 2.66. The average Bonchev–Trinajstić information content (AvgIpc) is 2.55. The monoisotopic (exact) mass is 335 g/mol. The molecule has 0 unspecified atom stereocenters. The van der Waals surface area contributed by atoms with E-state index in [-0.39, 0.29) is 0 Å². The predicted octanol–water partition coefficient (Wildman–Crippen LogP) is 3.25. The summed E-state index contributed by atoms with van der Waals surface area (Å²) in [6, 6.07) is 5.72. The second kappa shape index (κ2) is 11.5. The molecular formula is C17H25N3O2S. The van der Waals surface area contributed by atoms with Gasteiger partial charge in [-0.15, -0.1) is 6.58 Å². The Bertz CT molecular complexity index is 533. The maximum atomic E-state index is 5.75. The number of thiocarbonyl (C=S) groups is 1. The van der Waals surface area contributed by atoms with Crippen molar-refractivity contribution in [3.63, 3.8) is 0 Å². The van der Waals surface area contributed by atoms with Gasteiger partial charge in [-0.1, -0.05) is 19.4 Å². The Morgan fingerprint density at radius 1 is 1.30 bits per heavy atom. The fraction of sp³-hybridized carbons (Fsp3) is 0.412. The van der Waals surface area contributed by atoms with E-state index in [0.717, 1.165) is 29.9 Å². The summed E-state index contributed by atoms with van der Waals surface area (Å²) in [5, 5.41) is 7.47. The minimum absolute atomic E-state index is 0.450. The van der Waals surface area contributed by atoms with E-state index in [1.54, 1.807) is 12.3 Å². The van der Waals surface area contributed by atoms with Gasteiger partial charge in [-0.3, -0.25) is 5.43 Å². The molecule has 1 rings (SSSR count). The van der Waals surface area contributed by atoms with E-state index in [4.69, 9.17) is 21.7 Å². The highest BCUT2D eigenvalue weighted by atomic mass is 32.1. The van der Waals surface area contributed by atoms with Crippen molar-refractivity contribution in [2.24, 2.45) is 5.10 Å². The molecule has 0 saturated carbocycles. The Kier molecular flexibility index (Phi) is 9.47. The number of ether oxygens (including phenoxy) is 2. The van der Waals surface area contributed by atoms with Crippen molar-refractivity contribution in [2.45, 2.75) is 26.7 Å². The van der Waals surface area contributed by atoms with Crippen LogP contribution in [-0.4, -0.2) is 31.1 Å². The first kappa shape index (κ1) is 19.0. The number of hydrogen-bond donors (Lipinski definition) is 2. The van der Waals surface area contributed by atoms with E-state index in [0.29, 0.717) is 24.9 Å². The zero-order chi connectivity index (χ0) is 16.9. The topological polar surface area (TPSA) is 54.9 Å². The van der Waals surface area contributed by atoms with Gasteiger partial charge in [0.1, 0.15) is 0 Å². The first-order valence-electron chi connectivity index (χ1n) is 7.78. The van der Waals surface area contributed by atoms with E-state index in [2.05, 4.69) is 29.3 Å². The van der Waals surface area contributed by atoms with Gasteiger partial charge < -0.3 is 14.8 Å². The van der Waals surface area contributed by atoms with Crippen LogP contribution in [0.2, 0.25) is 0 Å². The van der Waals surface area contributed by atoms with Crippen molar-refractivity contribution in [3.05, 3.63) is 36.4 Å². The molecule has 0 fully saturated rings. The molecule has 0 radical (unpaired) electrons. The lowest BCUT2D eigenvalue weighted by atomic mass is 10.2. The third kappa shape index (κ3) is 7.65. The largest absolute Gasteiger partial charge is 0.490 e. The van der Waals surface area contributed by atoms with Crippen LogP contribution in [0.15, 0.2) is 36.0 Å². The molecule has 0 atom stereocenters. The summed E-state index contributed by atoms with van der Waals surface area (Å²) in [5.74, 6) is 1.48. The molecule has 0 aliphatic heterocycles. The van der Waals surface area contributed by atoms with Crippen molar-refractivity contribution < 1.29 is 9.47 Å². The minimum atomic E-state index is 0.450. The SMILES string of the molecule is C=CCNC(=S)N/N=C/c1ccc(OCCCC)c(OCC)c1. The summed E-state index contributed by atoms with van der Waals surface area (Å²) in [6.07, 6.45) is 5.53. The molecule has 5 nitrogen and oxygen atoms in total. The van der Waals surface area contributed by atoms with Crippen LogP contribution in [0.25, 0.3) is 0 Å². The molecule has 0 aromatic heterocycles. The zero-order valence-corrected chi connectivity index (χ0v) is 14.6. The van der Waals surface area contributed by atoms with Crippen LogP contribution in [-0.2, 0) is 0 Å². The Morgan fingerprint density at radius 2 is 2.13 bits per heavy atom. The number of unbranched alkanes of at least 4 members (excludes halogenated alkanes) is 1. The number of hydrazone groups is 1. The van der Waals surface area contributed by atoms with Gasteiger partial charge in [0.05, 0.1) is 19.4 Å². The van der Waals surface area contributed by atoms with Crippen molar-refractivity contribution in [2.75, 3.05) is 19.8 Å². The lowest BCUT2D eigenvalue weighted by Crippen LogP contribution is -2.31. The number of nitrogens with zero attached hydrogens (tertiary/aromatic N) is 1. The molecule has 0 amide bonds. The number of rotatable bonds is 10. The summed E-state index contributed by atoms with van der Waals surface area (Å²) < 4.78 is 11.4. The van der Waals surface area contributed by atoms with E-state index >= 15 is 0 Å². The van der Waals surface area contributed by atoms with Crippen molar-refractivity contribution in [1.29, 1.82) is 0 Å². The molecule has 126 valence electrons. The summed E-state index contributed by atoms with van der Waals surface area (Å²) >= 11 is 5.05. The highest BCUT2D eigenvalue weighted by molar-refractivity contribution is 7.80. The minimum Gasteiger partial charge on any atom is -0.490 e. The Hall–Kier alpha value is -2.08. The van der Waals surface area contributed by atoms with Crippen molar-refractivity contribution in [1.82, 2.24) is 10.7 Å². The van der Waals surface area contributed by atoms with E-state index in [1.807, 2.05) is 25.1 Å². The Labute approximate surface area is 143 Å². The molecule has 0 aliphatic rings. The third-order valence-electron chi connectivity index (χ3n) is 2.81. The number of benzene rings is 1. The van der Waals surface area contributed by atoms with Gasteiger partial charge in [-0.2, -0.15) is 5.10 Å². The van der Waals surface area contributed by atoms with Crippen LogP contribution in [0.3, 0.4) is 0 Å². The van der Waals surface area contributed by atoms with Gasteiger partial charge >= 0.3 is 0 Å². The summed E-state index contributed by atoms with van der Waals surface area (Å²) in [6.45, 7) is 9.56. The van der Waals surface area contributed by atoms with Crippen LogP contribution >= 0.6 is 12.2 Å². The van der Waals surface area contributed by atoms with Crippen molar-refractivity contribution in [3.8, 4) is 11.5 Å². The first-order valence-corrected chi connectivity index (χ1v) is 8.19. The average molecular weight is 335 g/mol. The highest BCUT2D eigenvalue weighted by Gasteiger charge is 2.05. The number of nitrogens with one attached hydrogen (secondary N) is 2. The summed E-state index contributed by atoms with van der Waals surface area (Å²) in [5.41, 5.74) is 3.64. The summed E-state index contributed by atoms with van der Waals surface area (Å²) in [7, 11) is 0. The lowest BCUT2D eigenvalue weighted by Gasteiger charge is -2.12. The molecule has 0 aliphatic carbocycles. The molecule has 2 N–H and O–H groups in total. The van der Waals surface area contributed by atoms with Crippen LogP contribution in [0, 0.1) is 0 Å². The second-order valence-corrected chi connectivity index (χ2v) is 5.12. The van der Waals surface area contributed by atoms with Crippen LogP contribution in [0.1, 0.15) is 32.3 Å². The molecule has 23 heavy (non-hydrogen) atoms. The third-order valence-corrected chi connectivity index (χ3v) is 3.05. The van der Waals surface area contributed by atoms with Gasteiger partial charge in [0.2, 0.25) is 0 Å². The lowest BCUT2D eigenvalue weighted by molar-refractivity contribution is 0.272. The first-order chi connectivity index (χ1) is 11.2. The zero-order valence-electron chi connectivity index (χ0n) is 13.8. The van der Waals surface area contributed by atoms with Crippen LogP contribution in [0.4, 0.5) is 0 Å². The van der Waals surface area contributed by atoms with Gasteiger partial charge in [0, 0.05) is 6.54 Å². The smallest absolute Gasteiger partial charge is 0.187 e. The summed E-state index contributed by atoms with van der Waals surface area (Å²) in [4.78, 5) is 0. The molecule has 0 saturated heterocycles. The van der Waals surface area contributed by atoms with Crippen LogP contribution < -0.4 is 20.2 Å². The molecular weight excluding hydrogens is 310 g/mol. The van der Waals surface area contributed by atoms with E-state index < -0.39 is 0 Å². The molecule has 0 heterocycles. The quantitative estimate of drug-likeness (QED) is 0.226. The fourth-order valence-corrected chi connectivity index (χ4v) is 1.82. The van der Waals surface area contributed by atoms with E-state index in [9.17, 15) is 0 Å². The normalized spacial score (nSPS) is 10.3. The molecule has 0 bridgehead atoms.